The molecule has 0 saturated heterocycles. The van der Waals surface area contributed by atoms with E-state index in [0.717, 1.165) is 28.1 Å². The first-order valence-electron chi connectivity index (χ1n) is 5.47. The van der Waals surface area contributed by atoms with Gasteiger partial charge in [0.25, 0.3) is 0 Å². The standard InChI is InChI=1S/C13H12ClNOS/c14-12-4-3-11(17-12)13(16)6-5-8-7-9(15)1-2-10(8)13/h1-4,7,16H,5-6,15H2. The topological polar surface area (TPSA) is 46.2 Å². The fourth-order valence-corrected chi connectivity index (χ4v) is 3.64. The van der Waals surface area contributed by atoms with Gasteiger partial charge < -0.3 is 10.8 Å². The highest BCUT2D eigenvalue weighted by Gasteiger charge is 2.39. The molecule has 0 amide bonds. The van der Waals surface area contributed by atoms with Gasteiger partial charge in [0.2, 0.25) is 0 Å². The smallest absolute Gasteiger partial charge is 0.124 e. The molecular formula is C13H12ClNOS. The minimum atomic E-state index is -0.888. The molecule has 1 heterocycles. The Labute approximate surface area is 109 Å². The zero-order valence-corrected chi connectivity index (χ0v) is 10.7. The molecule has 0 spiro atoms. The van der Waals surface area contributed by atoms with Crippen LogP contribution in [0.3, 0.4) is 0 Å². The van der Waals surface area contributed by atoms with Crippen LogP contribution in [0.1, 0.15) is 22.4 Å². The molecule has 0 aliphatic heterocycles. The summed E-state index contributed by atoms with van der Waals surface area (Å²) in [7, 11) is 0. The second-order valence-electron chi connectivity index (χ2n) is 4.38. The highest BCUT2D eigenvalue weighted by Crippen LogP contribution is 2.45. The number of rotatable bonds is 1. The first-order chi connectivity index (χ1) is 8.09. The number of aliphatic hydroxyl groups is 1. The summed E-state index contributed by atoms with van der Waals surface area (Å²) in [6, 6.07) is 9.44. The molecule has 4 heteroatoms. The fraction of sp³-hybridized carbons (Fsp3) is 0.231. The van der Waals surface area contributed by atoms with Crippen LogP contribution in [0.4, 0.5) is 5.69 Å². The number of nitrogen functional groups attached to an aromatic ring is 1. The Kier molecular flexibility index (Phi) is 2.43. The van der Waals surface area contributed by atoms with E-state index in [-0.39, 0.29) is 0 Å². The summed E-state index contributed by atoms with van der Waals surface area (Å²) < 4.78 is 0.706. The number of fused-ring (bicyclic) bond motifs is 1. The second kappa shape index (κ2) is 3.73. The van der Waals surface area contributed by atoms with E-state index in [4.69, 9.17) is 17.3 Å². The van der Waals surface area contributed by atoms with Crippen LogP contribution in [0.15, 0.2) is 30.3 Å². The Morgan fingerprint density at radius 2 is 2.12 bits per heavy atom. The van der Waals surface area contributed by atoms with Crippen molar-refractivity contribution in [1.82, 2.24) is 0 Å². The summed E-state index contributed by atoms with van der Waals surface area (Å²) in [4.78, 5) is 0.908. The lowest BCUT2D eigenvalue weighted by molar-refractivity contribution is 0.0868. The van der Waals surface area contributed by atoms with Gasteiger partial charge in [0.15, 0.2) is 0 Å². The van der Waals surface area contributed by atoms with Gasteiger partial charge in [-0.15, -0.1) is 11.3 Å². The van der Waals surface area contributed by atoms with Crippen molar-refractivity contribution in [2.45, 2.75) is 18.4 Å². The molecule has 1 aromatic carbocycles. The molecule has 1 aliphatic rings. The van der Waals surface area contributed by atoms with Crippen molar-refractivity contribution in [3.8, 4) is 0 Å². The van der Waals surface area contributed by atoms with Gasteiger partial charge in [0.1, 0.15) is 5.60 Å². The lowest BCUT2D eigenvalue weighted by Gasteiger charge is -2.22. The van der Waals surface area contributed by atoms with E-state index < -0.39 is 5.60 Å². The lowest BCUT2D eigenvalue weighted by Crippen LogP contribution is -2.22. The third-order valence-corrected chi connectivity index (χ3v) is 4.69. The zero-order valence-electron chi connectivity index (χ0n) is 9.11. The molecule has 0 bridgehead atoms. The van der Waals surface area contributed by atoms with Crippen LogP contribution in [0.2, 0.25) is 4.34 Å². The van der Waals surface area contributed by atoms with Crippen LogP contribution in [0.25, 0.3) is 0 Å². The molecule has 2 aromatic rings. The highest BCUT2D eigenvalue weighted by atomic mass is 35.5. The summed E-state index contributed by atoms with van der Waals surface area (Å²) in [5.41, 5.74) is 7.72. The maximum absolute atomic E-state index is 10.8. The van der Waals surface area contributed by atoms with Gasteiger partial charge in [-0.1, -0.05) is 17.7 Å². The van der Waals surface area contributed by atoms with Gasteiger partial charge in [-0.25, -0.2) is 0 Å². The molecule has 1 aliphatic carbocycles. The van der Waals surface area contributed by atoms with Crippen LogP contribution >= 0.6 is 22.9 Å². The Hall–Kier alpha value is -1.03. The van der Waals surface area contributed by atoms with E-state index in [1.54, 1.807) is 0 Å². The van der Waals surface area contributed by atoms with Crippen molar-refractivity contribution in [2.75, 3.05) is 5.73 Å². The number of hydrogen-bond donors (Lipinski definition) is 2. The minimum absolute atomic E-state index is 0.697. The van der Waals surface area contributed by atoms with Gasteiger partial charge >= 0.3 is 0 Å². The van der Waals surface area contributed by atoms with Crippen LogP contribution in [0.5, 0.6) is 0 Å². The molecule has 0 saturated carbocycles. The van der Waals surface area contributed by atoms with Crippen molar-refractivity contribution in [3.63, 3.8) is 0 Å². The normalized spacial score (nSPS) is 22.7. The predicted octanol–water partition coefficient (Wildman–Crippen LogP) is 3.17. The lowest BCUT2D eigenvalue weighted by atomic mass is 9.94. The van der Waals surface area contributed by atoms with Crippen LogP contribution in [-0.2, 0) is 12.0 Å². The third kappa shape index (κ3) is 1.66. The quantitative estimate of drug-likeness (QED) is 0.778. The molecule has 3 N–H and O–H groups in total. The summed E-state index contributed by atoms with van der Waals surface area (Å²) in [5.74, 6) is 0. The fourth-order valence-electron chi connectivity index (χ4n) is 2.47. The van der Waals surface area contributed by atoms with Crippen LogP contribution in [-0.4, -0.2) is 5.11 Å². The van der Waals surface area contributed by atoms with Gasteiger partial charge in [-0.05, 0) is 48.2 Å². The summed E-state index contributed by atoms with van der Waals surface area (Å²) >= 11 is 7.38. The maximum Gasteiger partial charge on any atom is 0.124 e. The molecule has 3 rings (SSSR count). The van der Waals surface area contributed by atoms with E-state index in [9.17, 15) is 5.11 Å². The summed E-state index contributed by atoms with van der Waals surface area (Å²) in [6.07, 6.45) is 1.55. The second-order valence-corrected chi connectivity index (χ2v) is 6.10. The van der Waals surface area contributed by atoms with Gasteiger partial charge in [0, 0.05) is 10.6 Å². The number of benzene rings is 1. The molecular weight excluding hydrogens is 254 g/mol. The minimum Gasteiger partial charge on any atom is -0.399 e. The van der Waals surface area contributed by atoms with Gasteiger partial charge in [-0.2, -0.15) is 0 Å². The average molecular weight is 266 g/mol. The monoisotopic (exact) mass is 265 g/mol. The summed E-state index contributed by atoms with van der Waals surface area (Å²) in [6.45, 7) is 0. The molecule has 1 aromatic heterocycles. The van der Waals surface area contributed by atoms with Crippen molar-refractivity contribution in [1.29, 1.82) is 0 Å². The number of anilines is 1. The molecule has 1 atom stereocenters. The summed E-state index contributed by atoms with van der Waals surface area (Å²) in [5, 5.41) is 10.8. The Bertz CT molecular complexity index is 581. The van der Waals surface area contributed by atoms with Gasteiger partial charge in [-0.3, -0.25) is 0 Å². The Balaban J connectivity index is 2.13. The van der Waals surface area contributed by atoms with E-state index in [0.29, 0.717) is 10.8 Å². The van der Waals surface area contributed by atoms with Crippen LogP contribution in [0, 0.1) is 0 Å². The van der Waals surface area contributed by atoms with Crippen molar-refractivity contribution >= 4 is 28.6 Å². The molecule has 0 fully saturated rings. The number of nitrogens with two attached hydrogens (primary N) is 1. The van der Waals surface area contributed by atoms with Crippen LogP contribution < -0.4 is 5.73 Å². The predicted molar refractivity (Wildman–Crippen MR) is 71.5 cm³/mol. The number of hydrogen-bond acceptors (Lipinski definition) is 3. The average Bonchev–Trinajstić information content (AvgIpc) is 2.85. The molecule has 17 heavy (non-hydrogen) atoms. The first-order valence-corrected chi connectivity index (χ1v) is 6.66. The molecule has 1 unspecified atom stereocenters. The molecule has 88 valence electrons. The van der Waals surface area contributed by atoms with E-state index >= 15 is 0 Å². The molecule has 0 radical (unpaired) electrons. The third-order valence-electron chi connectivity index (χ3n) is 3.31. The number of thiophene rings is 1. The van der Waals surface area contributed by atoms with Crippen molar-refractivity contribution < 1.29 is 5.11 Å². The number of aryl methyl sites for hydroxylation is 1. The van der Waals surface area contributed by atoms with E-state index in [1.807, 2.05) is 30.3 Å². The van der Waals surface area contributed by atoms with E-state index in [2.05, 4.69) is 0 Å². The largest absolute Gasteiger partial charge is 0.399 e. The van der Waals surface area contributed by atoms with Crippen molar-refractivity contribution in [2.24, 2.45) is 0 Å². The van der Waals surface area contributed by atoms with Gasteiger partial charge in [0.05, 0.1) is 4.34 Å². The Morgan fingerprint density at radius 1 is 1.29 bits per heavy atom. The zero-order chi connectivity index (χ0) is 12.0. The first kappa shape index (κ1) is 11.1. The highest BCUT2D eigenvalue weighted by molar-refractivity contribution is 7.16. The number of halogens is 1. The SMILES string of the molecule is Nc1ccc2c(c1)CCC2(O)c1ccc(Cl)s1. The molecule has 2 nitrogen and oxygen atoms in total. The Morgan fingerprint density at radius 3 is 2.82 bits per heavy atom. The van der Waals surface area contributed by atoms with E-state index in [1.165, 1.54) is 11.3 Å². The maximum atomic E-state index is 10.8. The van der Waals surface area contributed by atoms with Crippen molar-refractivity contribution in [3.05, 3.63) is 50.7 Å².